The highest BCUT2D eigenvalue weighted by molar-refractivity contribution is 7.89. The van der Waals surface area contributed by atoms with Crippen molar-refractivity contribution in [3.63, 3.8) is 0 Å². The van der Waals surface area contributed by atoms with E-state index in [4.69, 9.17) is 9.56 Å². The van der Waals surface area contributed by atoms with Gasteiger partial charge in [0.2, 0.25) is 16.0 Å². The normalized spacial score (nSPS) is 11.6. The third kappa shape index (κ3) is 3.88. The number of anilines is 4. The predicted molar refractivity (Wildman–Crippen MR) is 113 cm³/mol. The van der Waals surface area contributed by atoms with Crippen LogP contribution in [0, 0.1) is 6.92 Å². The molecule has 11 heteroatoms. The van der Waals surface area contributed by atoms with Crippen LogP contribution in [0.4, 0.5) is 23.1 Å². The molecule has 0 atom stereocenters. The Labute approximate surface area is 171 Å². The van der Waals surface area contributed by atoms with E-state index < -0.39 is 15.8 Å². The molecule has 0 bridgehead atoms. The van der Waals surface area contributed by atoms with Crippen LogP contribution in [0.2, 0.25) is 0 Å². The molecule has 0 aliphatic rings. The van der Waals surface area contributed by atoms with Gasteiger partial charge in [0.1, 0.15) is 5.82 Å². The second-order valence-corrected chi connectivity index (χ2v) is 8.22. The standard InChI is InChI=1S/C19H18N6O4S/c1-11-10-21-18(23-12-3-6-14(7-4-12)30(20,27)28)24-17(11)22-13-5-8-16-15(9-13)25(2)19(26)29-16/h3-10H,1-2H3,(H2,20,27,28)(H2,21,22,23,24). The predicted octanol–water partition coefficient (Wildman–Crippen LogP) is 2.36. The molecule has 0 aliphatic carbocycles. The first-order valence-corrected chi connectivity index (χ1v) is 10.4. The van der Waals surface area contributed by atoms with E-state index in [-0.39, 0.29) is 4.90 Å². The number of rotatable bonds is 5. The van der Waals surface area contributed by atoms with Crippen LogP contribution in [0.5, 0.6) is 0 Å². The van der Waals surface area contributed by atoms with E-state index in [0.29, 0.717) is 28.6 Å². The monoisotopic (exact) mass is 426 g/mol. The van der Waals surface area contributed by atoms with Crippen LogP contribution in [0.15, 0.2) is 62.8 Å². The molecule has 4 aromatic rings. The first kappa shape index (κ1) is 19.6. The van der Waals surface area contributed by atoms with Crippen molar-refractivity contribution in [1.82, 2.24) is 14.5 Å². The molecule has 0 fully saturated rings. The van der Waals surface area contributed by atoms with Gasteiger partial charge in [-0.2, -0.15) is 4.98 Å². The van der Waals surface area contributed by atoms with Crippen LogP contribution >= 0.6 is 0 Å². The topological polar surface area (TPSA) is 145 Å². The number of benzene rings is 2. The molecule has 154 valence electrons. The van der Waals surface area contributed by atoms with Crippen molar-refractivity contribution in [3.05, 3.63) is 64.8 Å². The number of nitrogens with one attached hydrogen (secondary N) is 2. The van der Waals surface area contributed by atoms with Gasteiger partial charge in [0.25, 0.3) is 0 Å². The van der Waals surface area contributed by atoms with Gasteiger partial charge in [-0.1, -0.05) is 0 Å². The third-order valence-electron chi connectivity index (χ3n) is 4.46. The number of sulfonamides is 1. The van der Waals surface area contributed by atoms with Crippen molar-refractivity contribution in [2.45, 2.75) is 11.8 Å². The Bertz CT molecular complexity index is 1410. The molecule has 2 aromatic carbocycles. The lowest BCUT2D eigenvalue weighted by molar-refractivity contribution is 0.528. The van der Waals surface area contributed by atoms with E-state index in [1.165, 1.54) is 16.7 Å². The summed E-state index contributed by atoms with van der Waals surface area (Å²) in [5, 5.41) is 11.3. The summed E-state index contributed by atoms with van der Waals surface area (Å²) in [7, 11) is -2.12. The van der Waals surface area contributed by atoms with E-state index in [1.54, 1.807) is 43.6 Å². The molecule has 2 aromatic heterocycles. The number of oxazole rings is 1. The molecule has 0 aliphatic heterocycles. The average molecular weight is 426 g/mol. The highest BCUT2D eigenvalue weighted by Gasteiger charge is 2.10. The number of fused-ring (bicyclic) bond motifs is 1. The molecule has 0 saturated carbocycles. The number of hydrogen-bond donors (Lipinski definition) is 3. The second kappa shape index (κ2) is 7.28. The van der Waals surface area contributed by atoms with Crippen molar-refractivity contribution in [3.8, 4) is 0 Å². The molecule has 0 unspecified atom stereocenters. The molecule has 0 spiro atoms. The first-order chi connectivity index (χ1) is 14.2. The Balaban J connectivity index is 1.59. The summed E-state index contributed by atoms with van der Waals surface area (Å²) in [6.45, 7) is 1.86. The maximum Gasteiger partial charge on any atom is 0.419 e. The lowest BCUT2D eigenvalue weighted by atomic mass is 10.2. The fourth-order valence-electron chi connectivity index (χ4n) is 2.83. The van der Waals surface area contributed by atoms with Gasteiger partial charge in [0, 0.05) is 30.2 Å². The molecule has 4 N–H and O–H groups in total. The number of primary sulfonamides is 1. The molecular formula is C19H18N6O4S. The summed E-state index contributed by atoms with van der Waals surface area (Å²) < 4.78 is 29.3. The fourth-order valence-corrected chi connectivity index (χ4v) is 3.34. The van der Waals surface area contributed by atoms with Gasteiger partial charge in [0.15, 0.2) is 5.58 Å². The minimum Gasteiger partial charge on any atom is -0.408 e. The average Bonchev–Trinajstić information content (AvgIpc) is 2.98. The van der Waals surface area contributed by atoms with E-state index in [1.807, 2.05) is 6.92 Å². The number of hydrogen-bond acceptors (Lipinski definition) is 8. The third-order valence-corrected chi connectivity index (χ3v) is 5.39. The van der Waals surface area contributed by atoms with Gasteiger partial charge in [-0.25, -0.2) is 23.3 Å². The van der Waals surface area contributed by atoms with Crippen LogP contribution < -0.4 is 21.5 Å². The Morgan fingerprint density at radius 1 is 1.07 bits per heavy atom. The number of aryl methyl sites for hydroxylation is 2. The van der Waals surface area contributed by atoms with Gasteiger partial charge in [-0.3, -0.25) is 4.57 Å². The summed E-state index contributed by atoms with van der Waals surface area (Å²) in [5.74, 6) is 0.463. The van der Waals surface area contributed by atoms with Crippen LogP contribution in [-0.4, -0.2) is 23.0 Å². The maximum absolute atomic E-state index is 11.7. The van der Waals surface area contributed by atoms with Gasteiger partial charge >= 0.3 is 5.76 Å². The van der Waals surface area contributed by atoms with Crippen LogP contribution in [0.25, 0.3) is 11.1 Å². The molecule has 30 heavy (non-hydrogen) atoms. The summed E-state index contributed by atoms with van der Waals surface area (Å²) in [6, 6.07) is 11.2. The molecule has 0 saturated heterocycles. The van der Waals surface area contributed by atoms with Crippen LogP contribution in [0.3, 0.4) is 0 Å². The fraction of sp³-hybridized carbons (Fsp3) is 0.105. The summed E-state index contributed by atoms with van der Waals surface area (Å²) in [4.78, 5) is 20.4. The van der Waals surface area contributed by atoms with Gasteiger partial charge in [0.05, 0.1) is 10.4 Å². The van der Waals surface area contributed by atoms with E-state index in [9.17, 15) is 13.2 Å². The van der Waals surface area contributed by atoms with E-state index in [2.05, 4.69) is 20.6 Å². The SMILES string of the molecule is Cc1cnc(Nc2ccc(S(N)(=O)=O)cc2)nc1Nc1ccc2oc(=O)n(C)c2c1. The second-order valence-electron chi connectivity index (χ2n) is 6.65. The molecule has 10 nitrogen and oxygen atoms in total. The molecule has 4 rings (SSSR count). The Hall–Kier alpha value is -3.70. The van der Waals surface area contributed by atoms with Crippen molar-refractivity contribution >= 4 is 44.3 Å². The number of aromatic nitrogens is 3. The number of nitrogens with two attached hydrogens (primary N) is 1. The largest absolute Gasteiger partial charge is 0.419 e. The highest BCUT2D eigenvalue weighted by Crippen LogP contribution is 2.24. The van der Waals surface area contributed by atoms with Crippen molar-refractivity contribution < 1.29 is 12.8 Å². The first-order valence-electron chi connectivity index (χ1n) is 8.81. The Morgan fingerprint density at radius 2 is 1.77 bits per heavy atom. The number of nitrogens with zero attached hydrogens (tertiary/aromatic N) is 3. The molecule has 0 radical (unpaired) electrons. The zero-order valence-electron chi connectivity index (χ0n) is 16.1. The van der Waals surface area contributed by atoms with Crippen LogP contribution in [0.1, 0.15) is 5.56 Å². The zero-order chi connectivity index (χ0) is 21.5. The maximum atomic E-state index is 11.7. The smallest absolute Gasteiger partial charge is 0.408 e. The summed E-state index contributed by atoms with van der Waals surface area (Å²) >= 11 is 0. The molecule has 2 heterocycles. The zero-order valence-corrected chi connectivity index (χ0v) is 16.9. The van der Waals surface area contributed by atoms with Gasteiger partial charge in [-0.15, -0.1) is 0 Å². The minimum absolute atomic E-state index is 0.0178. The summed E-state index contributed by atoms with van der Waals surface area (Å²) in [5.41, 5.74) is 3.30. The Kier molecular flexibility index (Phi) is 4.76. The van der Waals surface area contributed by atoms with Gasteiger partial charge < -0.3 is 15.1 Å². The van der Waals surface area contributed by atoms with Crippen molar-refractivity contribution in [2.24, 2.45) is 12.2 Å². The van der Waals surface area contributed by atoms with E-state index >= 15 is 0 Å². The quantitative estimate of drug-likeness (QED) is 0.441. The minimum atomic E-state index is -3.75. The van der Waals surface area contributed by atoms with Crippen LogP contribution in [-0.2, 0) is 17.1 Å². The molecule has 0 amide bonds. The molecular weight excluding hydrogens is 408 g/mol. The van der Waals surface area contributed by atoms with Crippen molar-refractivity contribution in [1.29, 1.82) is 0 Å². The summed E-state index contributed by atoms with van der Waals surface area (Å²) in [6.07, 6.45) is 1.66. The van der Waals surface area contributed by atoms with E-state index in [0.717, 1.165) is 11.3 Å². The highest BCUT2D eigenvalue weighted by atomic mass is 32.2. The lowest BCUT2D eigenvalue weighted by Gasteiger charge is -2.11. The van der Waals surface area contributed by atoms with Gasteiger partial charge in [-0.05, 0) is 49.4 Å². The lowest BCUT2D eigenvalue weighted by Crippen LogP contribution is -2.11. The van der Waals surface area contributed by atoms with Crippen molar-refractivity contribution in [2.75, 3.05) is 10.6 Å². The Morgan fingerprint density at radius 3 is 2.47 bits per heavy atom.